The highest BCUT2D eigenvalue weighted by Crippen LogP contribution is 2.45. The van der Waals surface area contributed by atoms with Gasteiger partial charge in [0.15, 0.2) is 21.3 Å². The van der Waals surface area contributed by atoms with Crippen molar-refractivity contribution in [3.8, 4) is 11.5 Å². The van der Waals surface area contributed by atoms with Gasteiger partial charge in [-0.1, -0.05) is 0 Å². The molecule has 0 spiro atoms. The van der Waals surface area contributed by atoms with Gasteiger partial charge in [-0.2, -0.15) is 0 Å². The van der Waals surface area contributed by atoms with Crippen LogP contribution < -0.4 is 15.2 Å². The zero-order valence-corrected chi connectivity index (χ0v) is 10.00. The standard InChI is InChI=1S/C11H13NO4S/c12-8-3-4-9-10(16-6-5-15-9)11(8)17(13,14)7-1-2-7/h3-4,7H,1-2,5-6,12H2. The van der Waals surface area contributed by atoms with E-state index >= 15 is 0 Å². The molecule has 2 aliphatic rings. The topological polar surface area (TPSA) is 78.6 Å². The molecule has 0 radical (unpaired) electrons. The minimum atomic E-state index is -3.37. The summed E-state index contributed by atoms with van der Waals surface area (Å²) in [6.45, 7) is 0.781. The highest BCUT2D eigenvalue weighted by molar-refractivity contribution is 7.92. The summed E-state index contributed by atoms with van der Waals surface area (Å²) in [5.74, 6) is 0.743. The van der Waals surface area contributed by atoms with Crippen molar-refractivity contribution in [2.75, 3.05) is 18.9 Å². The lowest BCUT2D eigenvalue weighted by atomic mass is 10.2. The Balaban J connectivity index is 2.21. The van der Waals surface area contributed by atoms with Gasteiger partial charge in [-0.15, -0.1) is 0 Å². The Labute approximate surface area is 99.4 Å². The summed E-state index contributed by atoms with van der Waals surface area (Å²) in [4.78, 5) is 0.109. The molecule has 2 N–H and O–H groups in total. The van der Waals surface area contributed by atoms with Crippen LogP contribution in [0.4, 0.5) is 5.69 Å². The lowest BCUT2D eigenvalue weighted by Crippen LogP contribution is -2.20. The molecule has 5 nitrogen and oxygen atoms in total. The van der Waals surface area contributed by atoms with Crippen molar-refractivity contribution >= 4 is 15.5 Å². The molecule has 1 aliphatic heterocycles. The van der Waals surface area contributed by atoms with Crippen LogP contribution >= 0.6 is 0 Å². The molecule has 1 fully saturated rings. The summed E-state index contributed by atoms with van der Waals surface area (Å²) in [6.07, 6.45) is 1.40. The van der Waals surface area contributed by atoms with Gasteiger partial charge in [-0.3, -0.25) is 0 Å². The Bertz CT molecular complexity index is 563. The fraction of sp³-hybridized carbons (Fsp3) is 0.455. The Hall–Kier alpha value is -1.43. The smallest absolute Gasteiger partial charge is 0.187 e. The minimum Gasteiger partial charge on any atom is -0.486 e. The quantitative estimate of drug-likeness (QED) is 0.797. The van der Waals surface area contributed by atoms with Crippen LogP contribution in [0.25, 0.3) is 0 Å². The summed E-state index contributed by atoms with van der Waals surface area (Å²) in [6, 6.07) is 3.21. The van der Waals surface area contributed by atoms with E-state index in [0.29, 0.717) is 31.8 Å². The molecule has 0 bridgehead atoms. The van der Waals surface area contributed by atoms with Crippen LogP contribution in [-0.2, 0) is 9.84 Å². The number of hydrogen-bond donors (Lipinski definition) is 1. The van der Waals surface area contributed by atoms with Crippen LogP contribution in [0.2, 0.25) is 0 Å². The van der Waals surface area contributed by atoms with Gasteiger partial charge in [-0.05, 0) is 25.0 Å². The first-order valence-electron chi connectivity index (χ1n) is 5.52. The molecule has 0 unspecified atom stereocenters. The number of hydrogen-bond acceptors (Lipinski definition) is 5. The van der Waals surface area contributed by atoms with Gasteiger partial charge in [0, 0.05) is 0 Å². The third-order valence-corrected chi connectivity index (χ3v) is 5.28. The molecule has 0 aromatic heterocycles. The predicted molar refractivity (Wildman–Crippen MR) is 62.1 cm³/mol. The number of anilines is 1. The SMILES string of the molecule is Nc1ccc2c(c1S(=O)(=O)C1CC1)OCCO2. The Morgan fingerprint density at radius 1 is 1.18 bits per heavy atom. The number of nitrogen functional groups attached to an aromatic ring is 1. The van der Waals surface area contributed by atoms with Gasteiger partial charge in [0.25, 0.3) is 0 Å². The molecule has 17 heavy (non-hydrogen) atoms. The Kier molecular flexibility index (Phi) is 2.22. The van der Waals surface area contributed by atoms with E-state index in [1.165, 1.54) is 0 Å². The molecular weight excluding hydrogens is 242 g/mol. The van der Waals surface area contributed by atoms with Crippen molar-refractivity contribution in [1.29, 1.82) is 0 Å². The molecule has 1 aromatic carbocycles. The number of sulfone groups is 1. The van der Waals surface area contributed by atoms with Crippen LogP contribution in [0.5, 0.6) is 11.5 Å². The van der Waals surface area contributed by atoms with Gasteiger partial charge in [0.1, 0.15) is 18.1 Å². The molecular formula is C11H13NO4S. The molecule has 3 rings (SSSR count). The van der Waals surface area contributed by atoms with Crippen molar-refractivity contribution in [3.05, 3.63) is 12.1 Å². The van der Waals surface area contributed by atoms with E-state index in [-0.39, 0.29) is 21.6 Å². The summed E-state index contributed by atoms with van der Waals surface area (Å²) in [7, 11) is -3.37. The van der Waals surface area contributed by atoms with Crippen molar-refractivity contribution in [1.82, 2.24) is 0 Å². The first-order valence-corrected chi connectivity index (χ1v) is 7.07. The van der Waals surface area contributed by atoms with Gasteiger partial charge in [0.05, 0.1) is 10.9 Å². The normalized spacial score (nSPS) is 19.1. The maximum Gasteiger partial charge on any atom is 0.187 e. The van der Waals surface area contributed by atoms with E-state index < -0.39 is 9.84 Å². The third kappa shape index (κ3) is 1.63. The first kappa shape index (κ1) is 10.7. The van der Waals surface area contributed by atoms with E-state index in [4.69, 9.17) is 15.2 Å². The molecule has 1 aromatic rings. The predicted octanol–water partition coefficient (Wildman–Crippen LogP) is 0.976. The number of nitrogens with two attached hydrogens (primary N) is 1. The number of rotatable bonds is 2. The summed E-state index contributed by atoms with van der Waals surface area (Å²) >= 11 is 0. The monoisotopic (exact) mass is 255 g/mol. The molecule has 92 valence electrons. The Morgan fingerprint density at radius 2 is 1.88 bits per heavy atom. The average molecular weight is 255 g/mol. The van der Waals surface area contributed by atoms with Crippen molar-refractivity contribution in [3.63, 3.8) is 0 Å². The van der Waals surface area contributed by atoms with Crippen LogP contribution in [0, 0.1) is 0 Å². The lowest BCUT2D eigenvalue weighted by molar-refractivity contribution is 0.167. The Morgan fingerprint density at radius 3 is 2.59 bits per heavy atom. The van der Waals surface area contributed by atoms with Gasteiger partial charge < -0.3 is 15.2 Å². The van der Waals surface area contributed by atoms with Crippen molar-refractivity contribution < 1.29 is 17.9 Å². The number of benzene rings is 1. The number of fused-ring (bicyclic) bond motifs is 1. The minimum absolute atomic E-state index is 0.109. The summed E-state index contributed by atoms with van der Waals surface area (Å²) in [5.41, 5.74) is 6.02. The zero-order chi connectivity index (χ0) is 12.0. The molecule has 1 aliphatic carbocycles. The molecule has 0 saturated heterocycles. The average Bonchev–Trinajstić information content (AvgIpc) is 3.12. The second kappa shape index (κ2) is 3.53. The molecule has 0 amide bonds. The number of ether oxygens (including phenoxy) is 2. The zero-order valence-electron chi connectivity index (χ0n) is 9.18. The van der Waals surface area contributed by atoms with Gasteiger partial charge in [-0.25, -0.2) is 8.42 Å². The van der Waals surface area contributed by atoms with Gasteiger partial charge in [0.2, 0.25) is 0 Å². The van der Waals surface area contributed by atoms with E-state index in [2.05, 4.69) is 0 Å². The second-order valence-corrected chi connectivity index (χ2v) is 6.42. The molecule has 1 heterocycles. The fourth-order valence-electron chi connectivity index (χ4n) is 1.94. The van der Waals surface area contributed by atoms with E-state index in [1.807, 2.05) is 0 Å². The van der Waals surface area contributed by atoms with Crippen LogP contribution in [-0.4, -0.2) is 26.9 Å². The fourth-order valence-corrected chi connectivity index (χ4v) is 3.85. The van der Waals surface area contributed by atoms with Crippen LogP contribution in [0.15, 0.2) is 17.0 Å². The van der Waals surface area contributed by atoms with E-state index in [0.717, 1.165) is 0 Å². The van der Waals surface area contributed by atoms with Crippen molar-refractivity contribution in [2.24, 2.45) is 0 Å². The van der Waals surface area contributed by atoms with E-state index in [1.54, 1.807) is 12.1 Å². The summed E-state index contributed by atoms with van der Waals surface area (Å²) in [5, 5.41) is -0.304. The lowest BCUT2D eigenvalue weighted by Gasteiger charge is -2.21. The third-order valence-electron chi connectivity index (χ3n) is 2.94. The van der Waals surface area contributed by atoms with Crippen LogP contribution in [0.1, 0.15) is 12.8 Å². The molecule has 1 saturated carbocycles. The van der Waals surface area contributed by atoms with Gasteiger partial charge >= 0.3 is 0 Å². The first-order chi connectivity index (χ1) is 8.10. The maximum absolute atomic E-state index is 12.3. The van der Waals surface area contributed by atoms with Crippen molar-refractivity contribution in [2.45, 2.75) is 23.0 Å². The summed E-state index contributed by atoms with van der Waals surface area (Å²) < 4.78 is 35.3. The second-order valence-electron chi connectivity index (χ2n) is 4.25. The highest BCUT2D eigenvalue weighted by Gasteiger charge is 2.41. The van der Waals surface area contributed by atoms with Crippen LogP contribution in [0.3, 0.4) is 0 Å². The maximum atomic E-state index is 12.3. The molecule has 6 heteroatoms. The van der Waals surface area contributed by atoms with E-state index in [9.17, 15) is 8.42 Å². The molecule has 0 atom stereocenters. The highest BCUT2D eigenvalue weighted by atomic mass is 32.2. The largest absolute Gasteiger partial charge is 0.486 e.